The highest BCUT2D eigenvalue weighted by molar-refractivity contribution is 14.1. The zero-order valence-corrected chi connectivity index (χ0v) is 20.0. The number of rotatable bonds is 8. The van der Waals surface area contributed by atoms with Crippen LogP contribution in [0, 0.1) is 11.3 Å². The van der Waals surface area contributed by atoms with Crippen LogP contribution in [-0.4, -0.2) is 65.7 Å². The molecule has 2 aliphatic carbocycles. The van der Waals surface area contributed by atoms with Crippen molar-refractivity contribution in [2.75, 3.05) is 25.6 Å². The molecule has 1 unspecified atom stereocenters. The van der Waals surface area contributed by atoms with Gasteiger partial charge < -0.3 is 20.5 Å². The molecule has 2 aromatic heterocycles. The summed E-state index contributed by atoms with van der Waals surface area (Å²) in [6.45, 7) is 3.57. The molecule has 11 nitrogen and oxygen atoms in total. The third-order valence-corrected chi connectivity index (χ3v) is 9.42. The van der Waals surface area contributed by atoms with Gasteiger partial charge in [0.2, 0.25) is 5.28 Å². The summed E-state index contributed by atoms with van der Waals surface area (Å²) in [5.41, 5.74) is 5.78. The molecular formula is C16H22ClIN5O6P. The molecule has 4 N–H and O–H groups in total. The number of anilines is 1. The molecule has 0 amide bonds. The summed E-state index contributed by atoms with van der Waals surface area (Å²) in [5, 5.41) is 21.7. The van der Waals surface area contributed by atoms with Gasteiger partial charge >= 0.3 is 7.82 Å². The quantitative estimate of drug-likeness (QED) is 0.185. The van der Waals surface area contributed by atoms with E-state index in [2.05, 4.69) is 37.5 Å². The number of hydrogen-bond acceptors (Lipinski definition) is 10. The van der Waals surface area contributed by atoms with Crippen molar-refractivity contribution in [3.63, 3.8) is 0 Å². The van der Waals surface area contributed by atoms with Crippen molar-refractivity contribution in [2.45, 2.75) is 36.0 Å². The molecule has 0 saturated heterocycles. The first-order valence-corrected chi connectivity index (χ1v) is 12.5. The number of hydrogen-bond donors (Lipinski definition) is 3. The number of fused-ring (bicyclic) bond motifs is 2. The van der Waals surface area contributed by atoms with Crippen LogP contribution in [0.1, 0.15) is 19.9 Å². The molecule has 2 heterocycles. The molecule has 0 aliphatic heterocycles. The van der Waals surface area contributed by atoms with Crippen molar-refractivity contribution in [1.29, 1.82) is 0 Å². The number of halogens is 2. The number of nitrogens with zero attached hydrogens (tertiary/aromatic N) is 4. The largest absolute Gasteiger partial charge is 0.474 e. The highest BCUT2D eigenvalue weighted by Crippen LogP contribution is 2.72. The molecule has 14 heteroatoms. The number of alkyl halides is 1. The Morgan fingerprint density at radius 3 is 2.60 bits per heavy atom. The summed E-state index contributed by atoms with van der Waals surface area (Å²) in [6, 6.07) is -0.556. The van der Waals surface area contributed by atoms with E-state index < -0.39 is 31.5 Å². The van der Waals surface area contributed by atoms with E-state index in [1.54, 1.807) is 18.4 Å². The second-order valence-corrected chi connectivity index (χ2v) is 10.6. The van der Waals surface area contributed by atoms with Crippen LogP contribution in [-0.2, 0) is 18.1 Å². The van der Waals surface area contributed by atoms with Crippen molar-refractivity contribution in [3.8, 4) is 0 Å². The van der Waals surface area contributed by atoms with Crippen molar-refractivity contribution in [2.24, 2.45) is 11.3 Å². The van der Waals surface area contributed by atoms with E-state index in [9.17, 15) is 14.8 Å². The van der Waals surface area contributed by atoms with Crippen LogP contribution in [0.15, 0.2) is 6.33 Å². The lowest BCUT2D eigenvalue weighted by Gasteiger charge is -2.26. The number of nitrogens with two attached hydrogens (primary N) is 1. The molecule has 0 spiro atoms. The third-order valence-electron chi connectivity index (χ3n) is 5.72. The Hall–Kier alpha value is -0.600. The van der Waals surface area contributed by atoms with Gasteiger partial charge in [-0.25, -0.2) is 9.55 Å². The van der Waals surface area contributed by atoms with Crippen molar-refractivity contribution in [3.05, 3.63) is 11.6 Å². The standard InChI is InChI=1S/C16H22ClIN5O6P/c1-3-27-30(26,28-4-2)29-5-16-7(11(16)18)9(10(24)12(16)25)23-6-20-8-13(19)21-15(17)22-14(8)23/h6-7,9-12,24-25H,3-5H2,1-2H3,(H2,19,21,22)/t7-,9+,10-,11?,12-,16+/m0/s1. The number of nitrogen functional groups attached to an aromatic ring is 1. The Kier molecular flexibility index (Phi) is 6.08. The molecule has 0 bridgehead atoms. The Morgan fingerprint density at radius 1 is 1.30 bits per heavy atom. The summed E-state index contributed by atoms with van der Waals surface area (Å²) >= 11 is 8.15. The maximum atomic E-state index is 12.7. The fourth-order valence-corrected chi connectivity index (χ4v) is 7.61. The summed E-state index contributed by atoms with van der Waals surface area (Å²) in [5.74, 6) is -0.0743. The van der Waals surface area contributed by atoms with Crippen LogP contribution >= 0.6 is 42.0 Å². The Balaban J connectivity index is 1.65. The molecule has 0 radical (unpaired) electrons. The minimum atomic E-state index is -3.76. The number of phosphoric acid groups is 1. The van der Waals surface area contributed by atoms with Crippen molar-refractivity contribution >= 4 is 59.0 Å². The van der Waals surface area contributed by atoms with Crippen LogP contribution in [0.3, 0.4) is 0 Å². The Bertz CT molecular complexity index is 1000. The third kappa shape index (κ3) is 3.36. The second kappa shape index (κ2) is 8.07. The minimum Gasteiger partial charge on any atom is -0.390 e. The zero-order chi connectivity index (χ0) is 21.8. The van der Waals surface area contributed by atoms with Crippen LogP contribution in [0.25, 0.3) is 11.2 Å². The van der Waals surface area contributed by atoms with Gasteiger partial charge in [-0.1, -0.05) is 22.6 Å². The first-order valence-electron chi connectivity index (χ1n) is 9.39. The molecule has 4 rings (SSSR count). The summed E-state index contributed by atoms with van der Waals surface area (Å²) < 4.78 is 30.2. The summed E-state index contributed by atoms with van der Waals surface area (Å²) in [7, 11) is -3.76. The lowest BCUT2D eigenvalue weighted by molar-refractivity contribution is -0.0296. The summed E-state index contributed by atoms with van der Waals surface area (Å²) in [6.07, 6.45) is -0.759. The number of aliphatic hydroxyl groups is 2. The number of phosphoric ester groups is 1. The number of aliphatic hydroxyl groups excluding tert-OH is 2. The molecule has 0 aromatic carbocycles. The van der Waals surface area contributed by atoms with Gasteiger partial charge in [0, 0.05) is 15.3 Å². The van der Waals surface area contributed by atoms with E-state index in [0.717, 1.165) is 0 Å². The van der Waals surface area contributed by atoms with Crippen molar-refractivity contribution < 1.29 is 28.3 Å². The summed E-state index contributed by atoms with van der Waals surface area (Å²) in [4.78, 5) is 12.3. The van der Waals surface area contributed by atoms with Gasteiger partial charge in [0.05, 0.1) is 38.3 Å². The monoisotopic (exact) mass is 573 g/mol. The van der Waals surface area contributed by atoms with Crippen LogP contribution < -0.4 is 5.73 Å². The normalized spacial score (nSPS) is 33.2. The van der Waals surface area contributed by atoms with E-state index in [1.165, 1.54) is 6.33 Å². The van der Waals surface area contributed by atoms with Gasteiger partial charge in [0.25, 0.3) is 0 Å². The van der Waals surface area contributed by atoms with Crippen LogP contribution in [0.5, 0.6) is 0 Å². The van der Waals surface area contributed by atoms with Gasteiger partial charge in [0.1, 0.15) is 11.6 Å². The fourth-order valence-electron chi connectivity index (χ4n) is 4.35. The van der Waals surface area contributed by atoms with E-state index in [4.69, 9.17) is 30.9 Å². The molecule has 166 valence electrons. The van der Waals surface area contributed by atoms with Gasteiger partial charge in [0.15, 0.2) is 11.5 Å². The molecule has 2 fully saturated rings. The Morgan fingerprint density at radius 2 is 1.97 bits per heavy atom. The zero-order valence-electron chi connectivity index (χ0n) is 16.2. The smallest absolute Gasteiger partial charge is 0.390 e. The van der Waals surface area contributed by atoms with Gasteiger partial charge in [-0.15, -0.1) is 0 Å². The van der Waals surface area contributed by atoms with Gasteiger partial charge in [-0.3, -0.25) is 13.6 Å². The van der Waals surface area contributed by atoms with Crippen LogP contribution in [0.2, 0.25) is 5.28 Å². The number of aromatic nitrogens is 4. The second-order valence-electron chi connectivity index (χ2n) is 7.22. The lowest BCUT2D eigenvalue weighted by Crippen LogP contribution is -2.38. The highest BCUT2D eigenvalue weighted by Gasteiger charge is 2.78. The molecule has 2 saturated carbocycles. The first-order chi connectivity index (χ1) is 14.2. The van der Waals surface area contributed by atoms with E-state index >= 15 is 0 Å². The van der Waals surface area contributed by atoms with Gasteiger partial charge in [-0.05, 0) is 25.4 Å². The van der Waals surface area contributed by atoms with Crippen molar-refractivity contribution in [1.82, 2.24) is 19.5 Å². The molecule has 2 aromatic rings. The topological polar surface area (TPSA) is 155 Å². The van der Waals surface area contributed by atoms with E-state index in [-0.39, 0.29) is 40.8 Å². The Labute approximate surface area is 191 Å². The van der Waals surface area contributed by atoms with E-state index in [1.807, 2.05) is 0 Å². The van der Waals surface area contributed by atoms with E-state index in [0.29, 0.717) is 11.2 Å². The maximum absolute atomic E-state index is 12.7. The molecule has 30 heavy (non-hydrogen) atoms. The average molecular weight is 574 g/mol. The number of imidazole rings is 1. The maximum Gasteiger partial charge on any atom is 0.474 e. The molecule has 6 atom stereocenters. The fraction of sp³-hybridized carbons (Fsp3) is 0.688. The van der Waals surface area contributed by atoms with Crippen LogP contribution in [0.4, 0.5) is 5.82 Å². The predicted molar refractivity (Wildman–Crippen MR) is 116 cm³/mol. The lowest BCUT2D eigenvalue weighted by atomic mass is 10.0. The SMILES string of the molecule is CCOP(=O)(OCC)OC[C@]12C(I)[C@@H]1[C@@H](n1cnc3c(N)nc(Cl)nc31)[C@H](O)[C@@H]2O. The predicted octanol–water partition coefficient (Wildman–Crippen LogP) is 1.96. The first kappa shape index (κ1) is 22.6. The minimum absolute atomic E-state index is 0.0411. The van der Waals surface area contributed by atoms with Gasteiger partial charge in [-0.2, -0.15) is 9.97 Å². The average Bonchev–Trinajstić information content (AvgIpc) is 2.95. The highest BCUT2D eigenvalue weighted by atomic mass is 127. The molecular weight excluding hydrogens is 552 g/mol. The molecule has 2 aliphatic rings.